The van der Waals surface area contributed by atoms with Crippen LogP contribution in [0.2, 0.25) is 0 Å². The van der Waals surface area contributed by atoms with Crippen LogP contribution in [0.3, 0.4) is 0 Å². The summed E-state index contributed by atoms with van der Waals surface area (Å²) in [5.74, 6) is -0.0373. The van der Waals surface area contributed by atoms with Gasteiger partial charge < -0.3 is 10.2 Å². The van der Waals surface area contributed by atoms with Gasteiger partial charge in [-0.25, -0.2) is 0 Å². The van der Waals surface area contributed by atoms with Crippen molar-refractivity contribution in [2.75, 3.05) is 0 Å². The van der Waals surface area contributed by atoms with Gasteiger partial charge in [0.2, 0.25) is 0 Å². The number of carbonyl (C=O) groups excluding carboxylic acids is 1. The first-order valence-electron chi connectivity index (χ1n) is 7.10. The Bertz CT molecular complexity index is 631. The highest BCUT2D eigenvalue weighted by Gasteiger charge is 2.15. The van der Waals surface area contributed by atoms with Crippen LogP contribution in [0.15, 0.2) is 54.7 Å². The molecule has 0 spiro atoms. The third-order valence-electron chi connectivity index (χ3n) is 3.17. The molecule has 0 atom stereocenters. The molecule has 0 aliphatic heterocycles. The average molecular weight is 298 g/mol. The highest BCUT2D eigenvalue weighted by Crippen LogP contribution is 2.33. The molecule has 3 heteroatoms. The summed E-state index contributed by atoms with van der Waals surface area (Å²) in [5.41, 5.74) is 2.22. The Morgan fingerprint density at radius 3 is 2.50 bits per heavy atom. The lowest BCUT2D eigenvalue weighted by Crippen LogP contribution is -1.97. The highest BCUT2D eigenvalue weighted by atomic mass is 16.3. The molecule has 1 aromatic rings. The third-order valence-corrected chi connectivity index (χ3v) is 3.17. The molecule has 0 saturated heterocycles. The fourth-order valence-corrected chi connectivity index (χ4v) is 1.99. The van der Waals surface area contributed by atoms with E-state index in [1.165, 1.54) is 6.07 Å². The van der Waals surface area contributed by atoms with E-state index >= 15 is 0 Å². The monoisotopic (exact) mass is 298 g/mol. The summed E-state index contributed by atoms with van der Waals surface area (Å²) in [4.78, 5) is 11.3. The molecular weight excluding hydrogens is 276 g/mol. The van der Waals surface area contributed by atoms with E-state index in [1.807, 2.05) is 19.9 Å². The lowest BCUT2D eigenvalue weighted by atomic mass is 9.97. The molecule has 0 aromatic heterocycles. The Hall–Kier alpha value is -2.55. The van der Waals surface area contributed by atoms with Crippen LogP contribution in [-0.4, -0.2) is 16.5 Å². The second-order valence-electron chi connectivity index (χ2n) is 5.15. The molecule has 3 nitrogen and oxygen atoms in total. The van der Waals surface area contributed by atoms with Gasteiger partial charge in [-0.3, -0.25) is 4.79 Å². The van der Waals surface area contributed by atoms with E-state index < -0.39 is 0 Å². The highest BCUT2D eigenvalue weighted by molar-refractivity contribution is 5.84. The zero-order valence-corrected chi connectivity index (χ0v) is 13.0. The first-order chi connectivity index (χ1) is 10.5. The van der Waals surface area contributed by atoms with E-state index in [9.17, 15) is 15.0 Å². The SMILES string of the molecule is C=C/C=C/C=C/Cc1c(O)cc(CC=C(C)C)c(O)c1C=O. The molecular formula is C19H22O3. The number of aldehydes is 1. The van der Waals surface area contributed by atoms with Crippen LogP contribution in [-0.2, 0) is 12.8 Å². The van der Waals surface area contributed by atoms with Crippen molar-refractivity contribution >= 4 is 6.29 Å². The Morgan fingerprint density at radius 2 is 1.91 bits per heavy atom. The van der Waals surface area contributed by atoms with Crippen molar-refractivity contribution in [3.8, 4) is 11.5 Å². The van der Waals surface area contributed by atoms with Gasteiger partial charge in [0.25, 0.3) is 0 Å². The normalized spacial score (nSPS) is 11.0. The minimum Gasteiger partial charge on any atom is -0.508 e. The molecule has 0 radical (unpaired) electrons. The van der Waals surface area contributed by atoms with Crippen LogP contribution < -0.4 is 0 Å². The van der Waals surface area contributed by atoms with Crippen molar-refractivity contribution in [2.24, 2.45) is 0 Å². The number of phenolic OH excluding ortho intramolecular Hbond substituents is 2. The van der Waals surface area contributed by atoms with Gasteiger partial charge in [0, 0.05) is 11.1 Å². The fraction of sp³-hybridized carbons (Fsp3) is 0.211. The zero-order chi connectivity index (χ0) is 16.5. The van der Waals surface area contributed by atoms with Crippen molar-refractivity contribution < 1.29 is 15.0 Å². The van der Waals surface area contributed by atoms with Gasteiger partial charge in [0.1, 0.15) is 11.5 Å². The van der Waals surface area contributed by atoms with Gasteiger partial charge in [-0.2, -0.15) is 0 Å². The van der Waals surface area contributed by atoms with Crippen LogP contribution in [0.1, 0.15) is 35.3 Å². The largest absolute Gasteiger partial charge is 0.508 e. The molecule has 0 heterocycles. The summed E-state index contributed by atoms with van der Waals surface area (Å²) in [6, 6.07) is 1.52. The number of aromatic hydroxyl groups is 2. The first kappa shape index (κ1) is 17.5. The van der Waals surface area contributed by atoms with Gasteiger partial charge >= 0.3 is 0 Å². The minimum absolute atomic E-state index is 0.0226. The number of allylic oxidation sites excluding steroid dienone is 7. The number of hydrogen-bond donors (Lipinski definition) is 2. The second-order valence-corrected chi connectivity index (χ2v) is 5.15. The molecule has 1 rings (SSSR count). The van der Waals surface area contributed by atoms with Gasteiger partial charge in [0.15, 0.2) is 6.29 Å². The number of carbonyl (C=O) groups is 1. The predicted molar refractivity (Wildman–Crippen MR) is 90.5 cm³/mol. The van der Waals surface area contributed by atoms with Crippen molar-refractivity contribution in [1.29, 1.82) is 0 Å². The van der Waals surface area contributed by atoms with E-state index in [0.29, 0.717) is 30.3 Å². The Balaban J connectivity index is 3.13. The maximum Gasteiger partial charge on any atom is 0.154 e. The quantitative estimate of drug-likeness (QED) is 0.342. The van der Waals surface area contributed by atoms with Gasteiger partial charge in [-0.15, -0.1) is 0 Å². The third kappa shape index (κ3) is 4.77. The van der Waals surface area contributed by atoms with E-state index in [2.05, 4.69) is 6.58 Å². The molecule has 0 aliphatic rings. The van der Waals surface area contributed by atoms with Crippen molar-refractivity contribution in [3.05, 3.63) is 71.4 Å². The van der Waals surface area contributed by atoms with Gasteiger partial charge in [-0.1, -0.05) is 48.6 Å². The van der Waals surface area contributed by atoms with Crippen LogP contribution in [0.4, 0.5) is 0 Å². The van der Waals surface area contributed by atoms with Gasteiger partial charge in [-0.05, 0) is 32.8 Å². The smallest absolute Gasteiger partial charge is 0.154 e. The van der Waals surface area contributed by atoms with E-state index in [0.717, 1.165) is 5.57 Å². The van der Waals surface area contributed by atoms with Crippen LogP contribution in [0.5, 0.6) is 11.5 Å². The van der Waals surface area contributed by atoms with Crippen molar-refractivity contribution in [1.82, 2.24) is 0 Å². The predicted octanol–water partition coefficient (Wildman–Crippen LogP) is 4.26. The number of benzene rings is 1. The molecule has 116 valence electrons. The van der Waals surface area contributed by atoms with Crippen molar-refractivity contribution in [2.45, 2.75) is 26.7 Å². The number of phenols is 2. The molecule has 0 fully saturated rings. The summed E-state index contributed by atoms with van der Waals surface area (Å²) >= 11 is 0. The van der Waals surface area contributed by atoms with Crippen molar-refractivity contribution in [3.63, 3.8) is 0 Å². The molecule has 0 aliphatic carbocycles. The summed E-state index contributed by atoms with van der Waals surface area (Å²) in [7, 11) is 0. The summed E-state index contributed by atoms with van der Waals surface area (Å²) in [6.45, 7) is 7.47. The minimum atomic E-state index is -0.0599. The lowest BCUT2D eigenvalue weighted by Gasteiger charge is -2.11. The van der Waals surface area contributed by atoms with Gasteiger partial charge in [0.05, 0.1) is 5.56 Å². The molecule has 0 unspecified atom stereocenters. The van der Waals surface area contributed by atoms with Crippen LogP contribution >= 0.6 is 0 Å². The molecule has 2 N–H and O–H groups in total. The number of rotatable bonds is 7. The average Bonchev–Trinajstić information content (AvgIpc) is 2.48. The standard InChI is InChI=1S/C19H22O3/c1-4-5-6-7-8-9-16-17(13-20)19(22)15(12-18(16)21)11-10-14(2)3/h4-8,10,12-13,21-22H,1,9,11H2,2-3H3/b6-5+,8-7+. The summed E-state index contributed by atoms with van der Waals surface area (Å²) in [6.07, 6.45) is 12.2. The Labute approximate surface area is 131 Å². The van der Waals surface area contributed by atoms with E-state index in [-0.39, 0.29) is 17.1 Å². The first-order valence-corrected chi connectivity index (χ1v) is 7.10. The fourth-order valence-electron chi connectivity index (χ4n) is 1.99. The summed E-state index contributed by atoms with van der Waals surface area (Å²) < 4.78 is 0. The Kier molecular flexibility index (Phi) is 6.90. The molecule has 0 amide bonds. The van der Waals surface area contributed by atoms with E-state index in [1.54, 1.807) is 30.4 Å². The molecule has 0 bridgehead atoms. The number of hydrogen-bond acceptors (Lipinski definition) is 3. The second kappa shape index (κ2) is 8.67. The molecule has 22 heavy (non-hydrogen) atoms. The maximum atomic E-state index is 11.3. The summed E-state index contributed by atoms with van der Waals surface area (Å²) in [5, 5.41) is 20.4. The van der Waals surface area contributed by atoms with Crippen LogP contribution in [0, 0.1) is 0 Å². The maximum absolute atomic E-state index is 11.3. The Morgan fingerprint density at radius 1 is 1.18 bits per heavy atom. The molecule has 1 aromatic carbocycles. The van der Waals surface area contributed by atoms with Crippen LogP contribution in [0.25, 0.3) is 0 Å². The lowest BCUT2D eigenvalue weighted by molar-refractivity contribution is 0.111. The topological polar surface area (TPSA) is 57.5 Å². The molecule has 0 saturated carbocycles. The van der Waals surface area contributed by atoms with E-state index in [4.69, 9.17) is 0 Å². The zero-order valence-electron chi connectivity index (χ0n) is 13.0.